The number of nitrogens with zero attached hydrogens (tertiary/aromatic N) is 4. The molecule has 0 radical (unpaired) electrons. The molecule has 46 heavy (non-hydrogen) atoms. The van der Waals surface area contributed by atoms with Crippen LogP contribution in [0.3, 0.4) is 0 Å². The minimum absolute atomic E-state index is 0.0928. The monoisotopic (exact) mass is 593 g/mol. The van der Waals surface area contributed by atoms with E-state index in [1.54, 1.807) is 0 Å². The van der Waals surface area contributed by atoms with Crippen LogP contribution in [0.15, 0.2) is 150 Å². The van der Waals surface area contributed by atoms with Crippen LogP contribution in [0.2, 0.25) is 0 Å². The van der Waals surface area contributed by atoms with E-state index in [1.165, 1.54) is 27.6 Å². The first kappa shape index (κ1) is 26.6. The van der Waals surface area contributed by atoms with Gasteiger partial charge in [0.15, 0.2) is 5.84 Å². The third kappa shape index (κ3) is 3.98. The Morgan fingerprint density at radius 2 is 1.37 bits per heavy atom. The van der Waals surface area contributed by atoms with Crippen molar-refractivity contribution in [3.05, 3.63) is 167 Å². The average molecular weight is 594 g/mol. The Balaban J connectivity index is 1.16. The van der Waals surface area contributed by atoms with Gasteiger partial charge in [-0.05, 0) is 58.1 Å². The SMILES string of the molecule is CC1(C)c2ccccc2-c2c(C3=NC(c4ccccc4)=NC(c4ccc(-n5c6ccccc6c6cccnc65)cc4)N3)cccc21. The molecule has 5 aromatic carbocycles. The van der Waals surface area contributed by atoms with Crippen molar-refractivity contribution in [1.29, 1.82) is 0 Å². The van der Waals surface area contributed by atoms with Crippen LogP contribution in [0, 0.1) is 0 Å². The number of aromatic nitrogens is 2. The number of rotatable bonds is 4. The third-order valence-electron chi connectivity index (χ3n) is 9.54. The van der Waals surface area contributed by atoms with Gasteiger partial charge in [-0.15, -0.1) is 0 Å². The van der Waals surface area contributed by atoms with Crippen molar-refractivity contribution in [3.8, 4) is 16.8 Å². The first-order valence-corrected chi connectivity index (χ1v) is 15.7. The van der Waals surface area contributed by atoms with Crippen LogP contribution in [0.25, 0.3) is 38.8 Å². The summed E-state index contributed by atoms with van der Waals surface area (Å²) in [5, 5.41) is 6.07. The third-order valence-corrected chi connectivity index (χ3v) is 9.54. The fourth-order valence-corrected chi connectivity index (χ4v) is 7.29. The first-order valence-electron chi connectivity index (χ1n) is 15.7. The van der Waals surface area contributed by atoms with E-state index in [1.807, 2.05) is 30.5 Å². The number of hydrogen-bond donors (Lipinski definition) is 1. The molecule has 2 aliphatic rings. The molecule has 3 heterocycles. The Morgan fingerprint density at radius 1 is 0.652 bits per heavy atom. The second-order valence-electron chi connectivity index (χ2n) is 12.5. The molecule has 7 aromatic rings. The lowest BCUT2D eigenvalue weighted by atomic mass is 9.82. The highest BCUT2D eigenvalue weighted by molar-refractivity contribution is 6.16. The van der Waals surface area contributed by atoms with Gasteiger partial charge in [-0.25, -0.2) is 15.0 Å². The maximum Gasteiger partial charge on any atom is 0.159 e. The molecule has 9 rings (SSSR count). The van der Waals surface area contributed by atoms with Crippen LogP contribution in [0.5, 0.6) is 0 Å². The topological polar surface area (TPSA) is 54.6 Å². The Morgan fingerprint density at radius 3 is 2.24 bits per heavy atom. The molecule has 0 saturated carbocycles. The van der Waals surface area contributed by atoms with E-state index >= 15 is 0 Å². The van der Waals surface area contributed by atoms with Crippen LogP contribution < -0.4 is 5.32 Å². The van der Waals surface area contributed by atoms with Gasteiger partial charge < -0.3 is 5.32 Å². The Hall–Kier alpha value is -5.81. The molecule has 0 spiro atoms. The molecule has 1 aliphatic heterocycles. The summed E-state index contributed by atoms with van der Waals surface area (Å²) in [5.41, 5.74) is 11.4. The molecule has 5 nitrogen and oxygen atoms in total. The highest BCUT2D eigenvalue weighted by atomic mass is 15.2. The second kappa shape index (κ2) is 10.1. The fourth-order valence-electron chi connectivity index (χ4n) is 7.29. The molecule has 0 bridgehead atoms. The molecule has 5 heteroatoms. The number of pyridine rings is 1. The van der Waals surface area contributed by atoms with E-state index in [4.69, 9.17) is 15.0 Å². The maximum absolute atomic E-state index is 5.17. The van der Waals surface area contributed by atoms with E-state index in [9.17, 15) is 0 Å². The van der Waals surface area contributed by atoms with Gasteiger partial charge in [0.25, 0.3) is 0 Å². The quantitative estimate of drug-likeness (QED) is 0.221. The van der Waals surface area contributed by atoms with Gasteiger partial charge in [-0.2, -0.15) is 0 Å². The van der Waals surface area contributed by atoms with Crippen LogP contribution in [-0.4, -0.2) is 21.2 Å². The molecule has 1 unspecified atom stereocenters. The Bertz CT molecular complexity index is 2310. The normalized spacial score (nSPS) is 16.4. The number of fused-ring (bicyclic) bond motifs is 6. The number of aliphatic imine (C=N–C) groups is 2. The Kier molecular flexibility index (Phi) is 5.84. The summed E-state index contributed by atoms with van der Waals surface area (Å²) in [7, 11) is 0. The molecule has 0 amide bonds. The summed E-state index contributed by atoms with van der Waals surface area (Å²) >= 11 is 0. The predicted octanol–water partition coefficient (Wildman–Crippen LogP) is 8.98. The van der Waals surface area contributed by atoms with Crippen molar-refractivity contribution >= 4 is 33.6 Å². The fraction of sp³-hybridized carbons (Fsp3) is 0.0976. The van der Waals surface area contributed by atoms with Crippen LogP contribution in [-0.2, 0) is 5.41 Å². The zero-order chi connectivity index (χ0) is 30.8. The van der Waals surface area contributed by atoms with Crippen LogP contribution in [0.1, 0.15) is 47.8 Å². The molecule has 2 aromatic heterocycles. The summed E-state index contributed by atoms with van der Waals surface area (Å²) in [6, 6.07) is 46.9. The number of nitrogens with one attached hydrogen (secondary N) is 1. The van der Waals surface area contributed by atoms with Crippen molar-refractivity contribution in [2.45, 2.75) is 25.4 Å². The van der Waals surface area contributed by atoms with Gasteiger partial charge >= 0.3 is 0 Å². The zero-order valence-electron chi connectivity index (χ0n) is 25.6. The zero-order valence-corrected chi connectivity index (χ0v) is 25.6. The van der Waals surface area contributed by atoms with Crippen molar-refractivity contribution in [2.24, 2.45) is 9.98 Å². The molecule has 1 N–H and O–H groups in total. The number of benzene rings is 5. The van der Waals surface area contributed by atoms with Gasteiger partial charge in [0.1, 0.15) is 17.6 Å². The highest BCUT2D eigenvalue weighted by Crippen LogP contribution is 2.50. The van der Waals surface area contributed by atoms with Crippen LogP contribution in [0.4, 0.5) is 0 Å². The summed E-state index contributed by atoms with van der Waals surface area (Å²) in [6.07, 6.45) is 1.55. The molecular formula is C41H31N5. The summed E-state index contributed by atoms with van der Waals surface area (Å²) < 4.78 is 2.24. The smallest absolute Gasteiger partial charge is 0.159 e. The lowest BCUT2D eigenvalue weighted by Gasteiger charge is -2.26. The van der Waals surface area contributed by atoms with Crippen LogP contribution >= 0.6 is 0 Å². The number of hydrogen-bond acceptors (Lipinski definition) is 4. The standard InChI is InChI=1S/C41H31N5/c1-41(2)33-18-8-6-15-31(33)36-32(16-10-19-34(36)41)39-44-37(26-12-4-3-5-13-26)43-38(45-39)27-21-23-28(24-22-27)46-35-20-9-7-14-29(35)30-17-11-25-42-40(30)46/h3-25,38H,1-2H3,(H,43,44,45). The highest BCUT2D eigenvalue weighted by Gasteiger charge is 2.37. The van der Waals surface area contributed by atoms with Gasteiger partial charge in [0.05, 0.1) is 5.52 Å². The van der Waals surface area contributed by atoms with Crippen molar-refractivity contribution in [2.75, 3.05) is 0 Å². The molecule has 220 valence electrons. The minimum Gasteiger partial charge on any atom is -0.344 e. The van der Waals surface area contributed by atoms with Gasteiger partial charge in [-0.1, -0.05) is 117 Å². The van der Waals surface area contributed by atoms with E-state index in [-0.39, 0.29) is 11.6 Å². The van der Waals surface area contributed by atoms with Crippen molar-refractivity contribution in [3.63, 3.8) is 0 Å². The van der Waals surface area contributed by atoms with Crippen molar-refractivity contribution < 1.29 is 0 Å². The summed E-state index contributed by atoms with van der Waals surface area (Å²) in [4.78, 5) is 15.1. The molecular weight excluding hydrogens is 562 g/mol. The minimum atomic E-state index is -0.312. The summed E-state index contributed by atoms with van der Waals surface area (Å²) in [6.45, 7) is 4.62. The average Bonchev–Trinajstić information content (AvgIpc) is 3.57. The molecule has 1 aliphatic carbocycles. The lowest BCUT2D eigenvalue weighted by molar-refractivity contribution is 0.659. The van der Waals surface area contributed by atoms with E-state index < -0.39 is 0 Å². The molecule has 0 saturated heterocycles. The van der Waals surface area contributed by atoms with E-state index in [2.05, 4.69) is 133 Å². The Labute approximate surface area is 267 Å². The largest absolute Gasteiger partial charge is 0.344 e. The summed E-state index contributed by atoms with van der Waals surface area (Å²) in [5.74, 6) is 1.55. The predicted molar refractivity (Wildman–Crippen MR) is 188 cm³/mol. The second-order valence-corrected chi connectivity index (χ2v) is 12.5. The lowest BCUT2D eigenvalue weighted by Crippen LogP contribution is -2.34. The molecule has 0 fully saturated rings. The van der Waals surface area contributed by atoms with Gasteiger partial charge in [0, 0.05) is 39.2 Å². The van der Waals surface area contributed by atoms with Gasteiger partial charge in [0.2, 0.25) is 0 Å². The maximum atomic E-state index is 5.17. The number of para-hydroxylation sites is 1. The first-order chi connectivity index (χ1) is 22.6. The van der Waals surface area contributed by atoms with E-state index in [0.717, 1.165) is 50.6 Å². The van der Waals surface area contributed by atoms with E-state index in [0.29, 0.717) is 0 Å². The number of amidine groups is 2. The van der Waals surface area contributed by atoms with Gasteiger partial charge in [-0.3, -0.25) is 4.57 Å². The van der Waals surface area contributed by atoms with Crippen molar-refractivity contribution in [1.82, 2.24) is 14.9 Å². The molecule has 1 atom stereocenters.